The third-order valence-corrected chi connectivity index (χ3v) is 6.87. The molecule has 0 fully saturated rings. The topological polar surface area (TPSA) is 98.0 Å². The number of aromatic nitrogens is 1. The van der Waals surface area contributed by atoms with E-state index >= 15 is 0 Å². The Kier molecular flexibility index (Phi) is 10.2. The van der Waals surface area contributed by atoms with Crippen LogP contribution in [0.5, 0.6) is 11.5 Å². The molecule has 7 nitrogen and oxygen atoms in total. The lowest BCUT2D eigenvalue weighted by Crippen LogP contribution is -2.10. The van der Waals surface area contributed by atoms with Crippen LogP contribution in [0.2, 0.25) is 5.02 Å². The van der Waals surface area contributed by atoms with Crippen molar-refractivity contribution >= 4 is 46.6 Å². The average Bonchev–Trinajstić information content (AvgIpc) is 3.21. The van der Waals surface area contributed by atoms with Gasteiger partial charge in [0.05, 0.1) is 5.52 Å². The van der Waals surface area contributed by atoms with E-state index in [2.05, 4.69) is 0 Å². The molecule has 4 rings (SSSR count). The summed E-state index contributed by atoms with van der Waals surface area (Å²) in [6.07, 6.45) is 8.87. The number of rotatable bonds is 14. The number of hydrogen-bond donors (Lipinski definition) is 2. The van der Waals surface area contributed by atoms with Crippen molar-refractivity contribution in [2.24, 2.45) is 0 Å². The van der Waals surface area contributed by atoms with E-state index in [1.165, 1.54) is 0 Å². The second-order valence-corrected chi connectivity index (χ2v) is 9.92. The maximum absolute atomic E-state index is 11.7. The Labute approximate surface area is 243 Å². The maximum Gasteiger partial charge on any atom is 0.323 e. The first-order valence-corrected chi connectivity index (χ1v) is 13.7. The van der Waals surface area contributed by atoms with Crippen molar-refractivity contribution < 1.29 is 29.3 Å². The van der Waals surface area contributed by atoms with Crippen LogP contribution in [0.1, 0.15) is 35.2 Å². The van der Waals surface area contributed by atoms with Crippen LogP contribution in [0.4, 0.5) is 0 Å². The fraction of sp³-hybridized carbons (Fsp3) is 0.212. The van der Waals surface area contributed by atoms with Crippen LogP contribution in [0.25, 0.3) is 23.1 Å². The van der Waals surface area contributed by atoms with Crippen molar-refractivity contribution in [1.82, 2.24) is 4.57 Å². The highest BCUT2D eigenvalue weighted by molar-refractivity contribution is 6.30. The van der Waals surface area contributed by atoms with Crippen LogP contribution in [0.15, 0.2) is 78.9 Å². The van der Waals surface area contributed by atoms with Crippen molar-refractivity contribution in [1.29, 1.82) is 0 Å². The Hall–Kier alpha value is -4.49. The van der Waals surface area contributed by atoms with Crippen LogP contribution in [0.3, 0.4) is 0 Å². The first-order valence-electron chi connectivity index (χ1n) is 13.3. The number of aliphatic carboxylic acids is 2. The van der Waals surface area contributed by atoms with E-state index in [1.807, 2.05) is 85.8 Å². The largest absolute Gasteiger partial charge is 0.490 e. The molecular formula is C33H32ClNO6. The SMILES string of the molecule is Cc1c(CCCC(=O)O)c2cccc(C=Cc3ccc(OCC=CCOc4ccc(Cl)cc4)cc3)c2n1CC(=O)O. The zero-order chi connectivity index (χ0) is 29.2. The minimum Gasteiger partial charge on any atom is -0.490 e. The summed E-state index contributed by atoms with van der Waals surface area (Å²) in [5, 5.41) is 20.2. The molecule has 0 amide bonds. The molecule has 0 radical (unpaired) electrons. The van der Waals surface area contributed by atoms with Crippen molar-refractivity contribution in [2.45, 2.75) is 32.7 Å². The molecule has 0 aliphatic rings. The monoisotopic (exact) mass is 573 g/mol. The van der Waals surface area contributed by atoms with Gasteiger partial charge in [-0.3, -0.25) is 9.59 Å². The Morgan fingerprint density at radius 3 is 2.10 bits per heavy atom. The summed E-state index contributed by atoms with van der Waals surface area (Å²) in [5.41, 5.74) is 4.53. The number of carbonyl (C=O) groups is 2. The van der Waals surface area contributed by atoms with E-state index in [0.29, 0.717) is 31.1 Å². The van der Waals surface area contributed by atoms with Crippen LogP contribution in [-0.2, 0) is 22.6 Å². The van der Waals surface area contributed by atoms with Crippen molar-refractivity contribution in [3.63, 3.8) is 0 Å². The average molecular weight is 574 g/mol. The molecule has 0 saturated heterocycles. The Morgan fingerprint density at radius 1 is 0.854 bits per heavy atom. The van der Waals surface area contributed by atoms with Crippen LogP contribution in [0, 0.1) is 6.92 Å². The number of halogens is 1. The van der Waals surface area contributed by atoms with Gasteiger partial charge in [-0.2, -0.15) is 0 Å². The van der Waals surface area contributed by atoms with E-state index in [-0.39, 0.29) is 13.0 Å². The molecule has 1 aromatic heterocycles. The minimum atomic E-state index is -0.930. The van der Waals surface area contributed by atoms with E-state index in [1.54, 1.807) is 16.7 Å². The van der Waals surface area contributed by atoms with Gasteiger partial charge in [-0.25, -0.2) is 0 Å². The van der Waals surface area contributed by atoms with Crippen LogP contribution < -0.4 is 9.47 Å². The summed E-state index contributed by atoms with van der Waals surface area (Å²) < 4.78 is 13.2. The fourth-order valence-electron chi connectivity index (χ4n) is 4.65. The third-order valence-electron chi connectivity index (χ3n) is 6.62. The zero-order valence-electron chi connectivity index (χ0n) is 22.8. The quantitative estimate of drug-likeness (QED) is 0.121. The van der Waals surface area contributed by atoms with Gasteiger partial charge < -0.3 is 24.3 Å². The number of benzene rings is 3. The number of carboxylic acid groups (broad SMARTS) is 2. The number of nitrogens with zero attached hydrogens (tertiary/aromatic N) is 1. The van der Waals surface area contributed by atoms with Gasteiger partial charge in [-0.15, -0.1) is 0 Å². The summed E-state index contributed by atoms with van der Waals surface area (Å²) >= 11 is 5.87. The number of fused-ring (bicyclic) bond motifs is 1. The molecule has 0 atom stereocenters. The standard InChI is InChI=1S/C33H32ClNO6/c1-23-29(7-5-9-31(36)37)30-8-4-6-25(33(30)35(23)22-32(38)39)13-10-24-11-16-27(17-12-24)40-20-2-3-21-41-28-18-14-26(34)15-19-28/h2-4,6,8,10-19H,5,7,9,20-22H2,1H3,(H,36,37)(H,38,39). The molecule has 2 N–H and O–H groups in total. The summed E-state index contributed by atoms with van der Waals surface area (Å²) in [6.45, 7) is 2.57. The van der Waals surface area contributed by atoms with E-state index in [0.717, 1.165) is 44.8 Å². The number of para-hydroxylation sites is 1. The van der Waals surface area contributed by atoms with Gasteiger partial charge in [0.25, 0.3) is 0 Å². The Balaban J connectivity index is 1.41. The molecular weight excluding hydrogens is 542 g/mol. The smallest absolute Gasteiger partial charge is 0.323 e. The van der Waals surface area contributed by atoms with Crippen LogP contribution in [-0.4, -0.2) is 39.9 Å². The van der Waals surface area contributed by atoms with Gasteiger partial charge >= 0.3 is 11.9 Å². The first kappa shape index (κ1) is 29.5. The minimum absolute atomic E-state index is 0.0688. The fourth-order valence-corrected chi connectivity index (χ4v) is 4.77. The highest BCUT2D eigenvalue weighted by Gasteiger charge is 2.18. The molecule has 0 aliphatic carbocycles. The van der Waals surface area contributed by atoms with Crippen molar-refractivity contribution in [2.75, 3.05) is 13.2 Å². The normalized spacial score (nSPS) is 11.5. The number of ether oxygens (including phenoxy) is 2. The number of aryl methyl sites for hydroxylation is 1. The van der Waals surface area contributed by atoms with E-state index in [9.17, 15) is 14.7 Å². The molecule has 0 unspecified atom stereocenters. The summed E-state index contributed by atoms with van der Waals surface area (Å²) in [4.78, 5) is 22.7. The third kappa shape index (κ3) is 8.25. The lowest BCUT2D eigenvalue weighted by Gasteiger charge is -2.08. The van der Waals surface area contributed by atoms with Gasteiger partial charge in [0, 0.05) is 22.5 Å². The van der Waals surface area contributed by atoms with Gasteiger partial charge in [-0.1, -0.05) is 54.1 Å². The summed E-state index contributed by atoms with van der Waals surface area (Å²) in [5.74, 6) is -0.278. The Morgan fingerprint density at radius 2 is 1.49 bits per heavy atom. The van der Waals surface area contributed by atoms with Gasteiger partial charge in [0.2, 0.25) is 0 Å². The molecule has 3 aromatic carbocycles. The molecule has 212 valence electrons. The molecule has 0 aliphatic heterocycles. The second-order valence-electron chi connectivity index (χ2n) is 9.48. The summed E-state index contributed by atoms with van der Waals surface area (Å²) in [7, 11) is 0. The lowest BCUT2D eigenvalue weighted by molar-refractivity contribution is -0.138. The van der Waals surface area contributed by atoms with E-state index < -0.39 is 11.9 Å². The van der Waals surface area contributed by atoms with Crippen molar-refractivity contribution in [3.8, 4) is 11.5 Å². The summed E-state index contributed by atoms with van der Waals surface area (Å²) in [6, 6.07) is 20.8. The number of hydrogen-bond acceptors (Lipinski definition) is 4. The highest BCUT2D eigenvalue weighted by Crippen LogP contribution is 2.31. The molecule has 0 spiro atoms. The maximum atomic E-state index is 11.7. The molecule has 0 bridgehead atoms. The predicted molar refractivity (Wildman–Crippen MR) is 162 cm³/mol. The predicted octanol–water partition coefficient (Wildman–Crippen LogP) is 7.28. The number of carboxylic acids is 2. The van der Waals surface area contributed by atoms with Crippen LogP contribution >= 0.6 is 11.6 Å². The highest BCUT2D eigenvalue weighted by atomic mass is 35.5. The van der Waals surface area contributed by atoms with Crippen molar-refractivity contribution in [3.05, 3.63) is 106 Å². The molecule has 0 saturated carbocycles. The Bertz CT molecular complexity index is 1550. The van der Waals surface area contributed by atoms with Gasteiger partial charge in [0.1, 0.15) is 31.3 Å². The zero-order valence-corrected chi connectivity index (χ0v) is 23.5. The second kappa shape index (κ2) is 14.2. The van der Waals surface area contributed by atoms with Gasteiger partial charge in [0.15, 0.2) is 0 Å². The van der Waals surface area contributed by atoms with E-state index in [4.69, 9.17) is 26.2 Å². The molecule has 41 heavy (non-hydrogen) atoms. The molecule has 4 aromatic rings. The molecule has 1 heterocycles. The first-order chi connectivity index (χ1) is 19.8. The molecule has 8 heteroatoms. The lowest BCUT2D eigenvalue weighted by atomic mass is 10.0. The van der Waals surface area contributed by atoms with Gasteiger partial charge in [-0.05, 0) is 85.0 Å².